The van der Waals surface area contributed by atoms with Gasteiger partial charge in [0, 0.05) is 23.9 Å². The highest BCUT2D eigenvalue weighted by Gasteiger charge is 2.19. The lowest BCUT2D eigenvalue weighted by Gasteiger charge is -2.28. The summed E-state index contributed by atoms with van der Waals surface area (Å²) in [5, 5.41) is 3.31. The van der Waals surface area contributed by atoms with Crippen molar-refractivity contribution in [1.29, 1.82) is 0 Å². The number of hydrogen-bond acceptors (Lipinski definition) is 3. The largest absolute Gasteiger partial charge is 0.389 e. The first-order chi connectivity index (χ1) is 8.56. The Balaban J connectivity index is 2.05. The average Bonchev–Trinajstić information content (AvgIpc) is 2.28. The number of nitrogens with one attached hydrogen (secondary N) is 1. The fourth-order valence-corrected chi connectivity index (χ4v) is 2.34. The van der Waals surface area contributed by atoms with Crippen molar-refractivity contribution in [1.82, 2.24) is 0 Å². The molecule has 0 aliphatic carbocycles. The van der Waals surface area contributed by atoms with Crippen LogP contribution in [0.4, 0.5) is 10.1 Å². The van der Waals surface area contributed by atoms with Crippen LogP contribution in [0.5, 0.6) is 0 Å². The van der Waals surface area contributed by atoms with E-state index in [1.807, 2.05) is 6.92 Å². The molecule has 0 saturated carbocycles. The smallest absolute Gasteiger partial charge is 0.135 e. The Morgan fingerprint density at radius 3 is 2.94 bits per heavy atom. The van der Waals surface area contributed by atoms with E-state index in [0.717, 1.165) is 25.1 Å². The molecule has 2 rings (SSSR count). The van der Waals surface area contributed by atoms with Gasteiger partial charge in [0.1, 0.15) is 10.8 Å². The van der Waals surface area contributed by atoms with E-state index in [9.17, 15) is 4.39 Å². The summed E-state index contributed by atoms with van der Waals surface area (Å²) in [6, 6.07) is 5.18. The van der Waals surface area contributed by atoms with Crippen molar-refractivity contribution in [3.63, 3.8) is 0 Å². The van der Waals surface area contributed by atoms with Gasteiger partial charge < -0.3 is 15.8 Å². The summed E-state index contributed by atoms with van der Waals surface area (Å²) in [4.78, 5) is 0.0822. The van der Waals surface area contributed by atoms with Crippen LogP contribution in [0.2, 0.25) is 0 Å². The molecule has 1 heterocycles. The summed E-state index contributed by atoms with van der Waals surface area (Å²) in [6.45, 7) is 2.79. The molecular formula is C13H17FN2OS. The van der Waals surface area contributed by atoms with Crippen LogP contribution in [0.3, 0.4) is 0 Å². The van der Waals surface area contributed by atoms with Gasteiger partial charge in [-0.2, -0.15) is 0 Å². The van der Waals surface area contributed by atoms with E-state index in [1.54, 1.807) is 12.1 Å². The Morgan fingerprint density at radius 2 is 2.33 bits per heavy atom. The highest BCUT2D eigenvalue weighted by Crippen LogP contribution is 2.20. The van der Waals surface area contributed by atoms with Crippen LogP contribution < -0.4 is 11.1 Å². The van der Waals surface area contributed by atoms with Gasteiger partial charge in [-0.1, -0.05) is 12.2 Å². The topological polar surface area (TPSA) is 47.3 Å². The van der Waals surface area contributed by atoms with Gasteiger partial charge in [-0.15, -0.1) is 0 Å². The third kappa shape index (κ3) is 3.17. The lowest BCUT2D eigenvalue weighted by Crippen LogP contribution is -2.32. The normalized spacial score (nSPS) is 23.7. The van der Waals surface area contributed by atoms with E-state index in [4.69, 9.17) is 22.7 Å². The van der Waals surface area contributed by atoms with Crippen molar-refractivity contribution in [2.24, 2.45) is 5.73 Å². The molecule has 18 heavy (non-hydrogen) atoms. The number of ether oxygens (including phenoxy) is 1. The molecule has 1 saturated heterocycles. The van der Waals surface area contributed by atoms with Crippen LogP contribution >= 0.6 is 12.2 Å². The van der Waals surface area contributed by atoms with E-state index in [0.29, 0.717) is 6.04 Å². The number of nitrogens with two attached hydrogens (primary N) is 1. The summed E-state index contributed by atoms with van der Waals surface area (Å²) in [5.41, 5.74) is 6.47. The molecule has 1 fully saturated rings. The molecule has 0 aromatic heterocycles. The van der Waals surface area contributed by atoms with Crippen LogP contribution in [0, 0.1) is 5.82 Å². The summed E-state index contributed by atoms with van der Waals surface area (Å²) in [7, 11) is 0. The molecular weight excluding hydrogens is 251 g/mol. The highest BCUT2D eigenvalue weighted by molar-refractivity contribution is 7.80. The minimum atomic E-state index is -0.382. The summed E-state index contributed by atoms with van der Waals surface area (Å²) in [5.74, 6) is -0.382. The standard InChI is InChI=1S/C13H17FN2OS/c1-8-6-10(4-5-17-8)16-9-2-3-11(13(15)18)12(14)7-9/h2-3,7-8,10,16H,4-6H2,1H3,(H2,15,18). The monoisotopic (exact) mass is 268 g/mol. The number of thiocarbonyl (C=S) groups is 1. The lowest BCUT2D eigenvalue weighted by atomic mass is 10.0. The SMILES string of the molecule is CC1CC(Nc2ccc(C(N)=S)c(F)c2)CCO1. The zero-order valence-corrected chi connectivity index (χ0v) is 11.1. The van der Waals surface area contributed by atoms with Gasteiger partial charge >= 0.3 is 0 Å². The predicted molar refractivity (Wildman–Crippen MR) is 74.3 cm³/mol. The Kier molecular flexibility index (Phi) is 4.14. The Hall–Kier alpha value is -1.20. The zero-order valence-electron chi connectivity index (χ0n) is 10.3. The Bertz CT molecular complexity index is 453. The van der Waals surface area contributed by atoms with Crippen molar-refractivity contribution in [2.75, 3.05) is 11.9 Å². The van der Waals surface area contributed by atoms with Gasteiger partial charge in [-0.05, 0) is 38.0 Å². The van der Waals surface area contributed by atoms with Crippen LogP contribution in [0.25, 0.3) is 0 Å². The molecule has 0 bridgehead atoms. The average molecular weight is 268 g/mol. The number of hydrogen-bond donors (Lipinski definition) is 2. The second-order valence-corrected chi connectivity index (χ2v) is 5.05. The molecule has 2 atom stereocenters. The maximum Gasteiger partial charge on any atom is 0.135 e. The van der Waals surface area contributed by atoms with Crippen molar-refractivity contribution in [2.45, 2.75) is 31.9 Å². The molecule has 3 N–H and O–H groups in total. The minimum Gasteiger partial charge on any atom is -0.389 e. The van der Waals surface area contributed by atoms with Crippen molar-refractivity contribution < 1.29 is 9.13 Å². The molecule has 5 heteroatoms. The lowest BCUT2D eigenvalue weighted by molar-refractivity contribution is 0.0232. The summed E-state index contributed by atoms with van der Waals surface area (Å²) in [6.07, 6.45) is 2.11. The molecule has 1 aliphatic heterocycles. The fraction of sp³-hybridized carbons (Fsp3) is 0.462. The second-order valence-electron chi connectivity index (χ2n) is 4.61. The van der Waals surface area contributed by atoms with Crippen LogP contribution in [-0.2, 0) is 4.74 Å². The molecule has 1 aromatic rings. The van der Waals surface area contributed by atoms with Gasteiger partial charge in [-0.3, -0.25) is 0 Å². The van der Waals surface area contributed by atoms with Gasteiger partial charge in [0.2, 0.25) is 0 Å². The quantitative estimate of drug-likeness (QED) is 0.827. The van der Waals surface area contributed by atoms with E-state index < -0.39 is 0 Å². The minimum absolute atomic E-state index is 0.0822. The van der Waals surface area contributed by atoms with E-state index in [1.165, 1.54) is 6.07 Å². The third-order valence-corrected chi connectivity index (χ3v) is 3.31. The third-order valence-electron chi connectivity index (χ3n) is 3.09. The van der Waals surface area contributed by atoms with E-state index in [-0.39, 0.29) is 22.5 Å². The first-order valence-electron chi connectivity index (χ1n) is 6.03. The van der Waals surface area contributed by atoms with E-state index >= 15 is 0 Å². The molecule has 3 nitrogen and oxygen atoms in total. The van der Waals surface area contributed by atoms with Crippen LogP contribution in [-0.4, -0.2) is 23.7 Å². The maximum absolute atomic E-state index is 13.7. The van der Waals surface area contributed by atoms with Gasteiger partial charge in [0.05, 0.1) is 6.10 Å². The molecule has 1 aliphatic rings. The second kappa shape index (κ2) is 5.63. The first-order valence-corrected chi connectivity index (χ1v) is 6.44. The van der Waals surface area contributed by atoms with Crippen molar-refractivity contribution in [3.8, 4) is 0 Å². The maximum atomic E-state index is 13.7. The number of anilines is 1. The first kappa shape index (κ1) is 13.2. The molecule has 0 spiro atoms. The van der Waals surface area contributed by atoms with Gasteiger partial charge in [0.25, 0.3) is 0 Å². The highest BCUT2D eigenvalue weighted by atomic mass is 32.1. The van der Waals surface area contributed by atoms with Crippen LogP contribution in [0.1, 0.15) is 25.3 Å². The summed E-state index contributed by atoms with van der Waals surface area (Å²) < 4.78 is 19.2. The van der Waals surface area contributed by atoms with Crippen molar-refractivity contribution in [3.05, 3.63) is 29.6 Å². The Morgan fingerprint density at radius 1 is 1.56 bits per heavy atom. The fourth-order valence-electron chi connectivity index (χ4n) is 2.17. The van der Waals surface area contributed by atoms with Crippen molar-refractivity contribution >= 4 is 22.9 Å². The predicted octanol–water partition coefficient (Wildman–Crippen LogP) is 2.44. The molecule has 2 unspecified atom stereocenters. The molecule has 0 amide bonds. The number of halogens is 1. The molecule has 98 valence electrons. The van der Waals surface area contributed by atoms with E-state index in [2.05, 4.69) is 5.32 Å². The Labute approximate surface area is 112 Å². The number of benzene rings is 1. The number of rotatable bonds is 3. The zero-order chi connectivity index (χ0) is 13.1. The molecule has 0 radical (unpaired) electrons. The van der Waals surface area contributed by atoms with Gasteiger partial charge in [-0.25, -0.2) is 4.39 Å². The van der Waals surface area contributed by atoms with Crippen LogP contribution in [0.15, 0.2) is 18.2 Å². The molecule has 1 aromatic carbocycles. The summed E-state index contributed by atoms with van der Waals surface area (Å²) >= 11 is 4.77. The van der Waals surface area contributed by atoms with Gasteiger partial charge in [0.15, 0.2) is 0 Å².